The van der Waals surface area contributed by atoms with Gasteiger partial charge in [0.05, 0.1) is 5.56 Å². The molecule has 0 radical (unpaired) electrons. The first-order chi connectivity index (χ1) is 8.10. The summed E-state index contributed by atoms with van der Waals surface area (Å²) in [6.45, 7) is 5.89. The summed E-state index contributed by atoms with van der Waals surface area (Å²) in [6, 6.07) is 4.85. The Bertz CT molecular complexity index is 432. The monoisotopic (exact) mass is 237 g/mol. The molecule has 4 nitrogen and oxygen atoms in total. The van der Waals surface area contributed by atoms with Crippen molar-refractivity contribution in [3.8, 4) is 0 Å². The van der Waals surface area contributed by atoms with Crippen molar-refractivity contribution in [1.29, 1.82) is 0 Å². The van der Waals surface area contributed by atoms with Gasteiger partial charge in [0.1, 0.15) is 5.82 Å². The van der Waals surface area contributed by atoms with Gasteiger partial charge < -0.3 is 16.3 Å². The molecule has 1 aromatic carbocycles. The Kier molecular flexibility index (Phi) is 4.66. The van der Waals surface area contributed by atoms with Crippen molar-refractivity contribution in [1.82, 2.24) is 5.32 Å². The second kappa shape index (κ2) is 6.00. The molecule has 0 saturated carbocycles. The number of nitrogens with zero attached hydrogens (tertiary/aromatic N) is 1. The lowest BCUT2D eigenvalue weighted by atomic mass is 10.1. The highest BCUT2D eigenvalue weighted by atomic mass is 19.1. The quantitative estimate of drug-likeness (QED) is 0.239. The van der Waals surface area contributed by atoms with E-state index >= 15 is 0 Å². The fourth-order valence-electron chi connectivity index (χ4n) is 1.32. The fraction of sp³-hybridized carbons (Fsp3) is 0.250. The molecule has 0 aliphatic heterocycles. The number of amidine groups is 1. The largest absolute Gasteiger partial charge is 0.409 e. The number of rotatable bonds is 5. The summed E-state index contributed by atoms with van der Waals surface area (Å²) in [5, 5.41) is 14.4. The minimum atomic E-state index is -0.480. The van der Waals surface area contributed by atoms with E-state index in [1.54, 1.807) is 18.2 Å². The van der Waals surface area contributed by atoms with E-state index in [-0.39, 0.29) is 17.4 Å². The number of hydrogen-bond donors (Lipinski definition) is 3. The average Bonchev–Trinajstić information content (AvgIpc) is 2.36. The van der Waals surface area contributed by atoms with Gasteiger partial charge in [0.2, 0.25) is 0 Å². The summed E-state index contributed by atoms with van der Waals surface area (Å²) in [4.78, 5) is 0. The third-order valence-electron chi connectivity index (χ3n) is 2.43. The zero-order chi connectivity index (χ0) is 12.8. The van der Waals surface area contributed by atoms with Crippen LogP contribution in [0.5, 0.6) is 0 Å². The molecule has 92 valence electrons. The molecule has 17 heavy (non-hydrogen) atoms. The molecular formula is C12H16FN3O. The summed E-state index contributed by atoms with van der Waals surface area (Å²) < 4.78 is 13.9. The SMILES string of the molecule is C=CC(C)NCc1cccc(/C(N)=N/O)c1F. The molecular weight excluding hydrogens is 221 g/mol. The van der Waals surface area contributed by atoms with Gasteiger partial charge in [-0.05, 0) is 13.0 Å². The molecule has 0 spiro atoms. The zero-order valence-electron chi connectivity index (χ0n) is 9.65. The Labute approximate surface area is 99.6 Å². The highest BCUT2D eigenvalue weighted by Crippen LogP contribution is 2.12. The first kappa shape index (κ1) is 13.2. The van der Waals surface area contributed by atoms with Crippen molar-refractivity contribution in [2.24, 2.45) is 10.9 Å². The zero-order valence-corrected chi connectivity index (χ0v) is 9.65. The molecule has 0 saturated heterocycles. The molecule has 1 atom stereocenters. The molecule has 0 amide bonds. The van der Waals surface area contributed by atoms with Crippen molar-refractivity contribution in [3.05, 3.63) is 47.8 Å². The first-order valence-corrected chi connectivity index (χ1v) is 5.21. The van der Waals surface area contributed by atoms with Crippen LogP contribution < -0.4 is 11.1 Å². The van der Waals surface area contributed by atoms with Gasteiger partial charge in [-0.25, -0.2) is 4.39 Å². The van der Waals surface area contributed by atoms with Crippen LogP contribution in [-0.4, -0.2) is 17.1 Å². The van der Waals surface area contributed by atoms with Crippen LogP contribution in [0.3, 0.4) is 0 Å². The molecule has 1 unspecified atom stereocenters. The van der Waals surface area contributed by atoms with Gasteiger partial charge in [-0.1, -0.05) is 23.4 Å². The van der Waals surface area contributed by atoms with E-state index < -0.39 is 5.82 Å². The van der Waals surface area contributed by atoms with Crippen LogP contribution in [0.25, 0.3) is 0 Å². The van der Waals surface area contributed by atoms with Gasteiger partial charge in [-0.3, -0.25) is 0 Å². The summed E-state index contributed by atoms with van der Waals surface area (Å²) in [6.07, 6.45) is 1.73. The molecule has 5 heteroatoms. The highest BCUT2D eigenvalue weighted by molar-refractivity contribution is 5.97. The van der Waals surface area contributed by atoms with Crippen LogP contribution in [-0.2, 0) is 6.54 Å². The van der Waals surface area contributed by atoms with Crippen LogP contribution >= 0.6 is 0 Å². The number of nitrogens with one attached hydrogen (secondary N) is 1. The van der Waals surface area contributed by atoms with Crippen LogP contribution in [0.2, 0.25) is 0 Å². The minimum Gasteiger partial charge on any atom is -0.409 e. The van der Waals surface area contributed by atoms with Crippen molar-refractivity contribution < 1.29 is 9.60 Å². The van der Waals surface area contributed by atoms with E-state index in [0.29, 0.717) is 12.1 Å². The predicted octanol–water partition coefficient (Wildman–Crippen LogP) is 1.58. The minimum absolute atomic E-state index is 0.0851. The van der Waals surface area contributed by atoms with Crippen molar-refractivity contribution in [2.45, 2.75) is 19.5 Å². The van der Waals surface area contributed by atoms with E-state index in [2.05, 4.69) is 17.1 Å². The fourth-order valence-corrected chi connectivity index (χ4v) is 1.32. The Morgan fingerprint density at radius 1 is 1.71 bits per heavy atom. The molecule has 0 bridgehead atoms. The first-order valence-electron chi connectivity index (χ1n) is 5.21. The Balaban J connectivity index is 2.91. The van der Waals surface area contributed by atoms with E-state index in [0.717, 1.165) is 0 Å². The highest BCUT2D eigenvalue weighted by Gasteiger charge is 2.11. The number of hydrogen-bond acceptors (Lipinski definition) is 3. The van der Waals surface area contributed by atoms with Crippen LogP contribution in [0, 0.1) is 5.82 Å². The number of halogens is 1. The Hall–Kier alpha value is -1.88. The van der Waals surface area contributed by atoms with Gasteiger partial charge in [-0.15, -0.1) is 6.58 Å². The van der Waals surface area contributed by atoms with Crippen LogP contribution in [0.1, 0.15) is 18.1 Å². The summed E-state index contributed by atoms with van der Waals surface area (Å²) in [5.74, 6) is -0.715. The van der Waals surface area contributed by atoms with Crippen molar-refractivity contribution in [3.63, 3.8) is 0 Å². The van der Waals surface area contributed by atoms with Crippen LogP contribution in [0.15, 0.2) is 36.0 Å². The lowest BCUT2D eigenvalue weighted by molar-refractivity contribution is 0.318. The molecule has 4 N–H and O–H groups in total. The lowest BCUT2D eigenvalue weighted by Crippen LogP contribution is -2.24. The van der Waals surface area contributed by atoms with E-state index in [4.69, 9.17) is 10.9 Å². The third-order valence-corrected chi connectivity index (χ3v) is 2.43. The number of oxime groups is 1. The third kappa shape index (κ3) is 3.29. The van der Waals surface area contributed by atoms with Crippen molar-refractivity contribution >= 4 is 5.84 Å². The normalized spacial score (nSPS) is 13.4. The topological polar surface area (TPSA) is 70.6 Å². The maximum atomic E-state index is 13.9. The maximum absolute atomic E-state index is 13.9. The summed E-state index contributed by atoms with van der Waals surface area (Å²) >= 11 is 0. The van der Waals surface area contributed by atoms with Gasteiger partial charge >= 0.3 is 0 Å². The number of benzene rings is 1. The van der Waals surface area contributed by atoms with E-state index in [1.807, 2.05) is 6.92 Å². The standard InChI is InChI=1S/C12H16FN3O/c1-3-8(2)15-7-9-5-4-6-10(11(9)13)12(14)16-17/h3-6,8,15,17H,1,7H2,2H3,(H2,14,16). The van der Waals surface area contributed by atoms with Gasteiger partial charge in [0.25, 0.3) is 0 Å². The van der Waals surface area contributed by atoms with Gasteiger partial charge in [0.15, 0.2) is 5.84 Å². The van der Waals surface area contributed by atoms with Gasteiger partial charge in [-0.2, -0.15) is 0 Å². The second-order valence-electron chi connectivity index (χ2n) is 3.67. The summed E-state index contributed by atoms with van der Waals surface area (Å²) in [7, 11) is 0. The molecule has 0 fully saturated rings. The second-order valence-corrected chi connectivity index (χ2v) is 3.67. The Morgan fingerprint density at radius 2 is 2.41 bits per heavy atom. The van der Waals surface area contributed by atoms with E-state index in [1.165, 1.54) is 6.07 Å². The molecule has 0 aromatic heterocycles. The lowest BCUT2D eigenvalue weighted by Gasteiger charge is -2.11. The smallest absolute Gasteiger partial charge is 0.173 e. The predicted molar refractivity (Wildman–Crippen MR) is 65.4 cm³/mol. The Morgan fingerprint density at radius 3 is 3.00 bits per heavy atom. The molecule has 0 heterocycles. The number of nitrogens with two attached hydrogens (primary N) is 1. The summed E-state index contributed by atoms with van der Waals surface area (Å²) in [5.41, 5.74) is 5.93. The van der Waals surface area contributed by atoms with Gasteiger partial charge in [0, 0.05) is 18.2 Å². The maximum Gasteiger partial charge on any atom is 0.173 e. The molecule has 0 aliphatic rings. The van der Waals surface area contributed by atoms with Crippen molar-refractivity contribution in [2.75, 3.05) is 0 Å². The average molecular weight is 237 g/mol. The van der Waals surface area contributed by atoms with Crippen LogP contribution in [0.4, 0.5) is 4.39 Å². The molecule has 1 rings (SSSR count). The molecule has 1 aromatic rings. The van der Waals surface area contributed by atoms with E-state index in [9.17, 15) is 4.39 Å². The molecule has 0 aliphatic carbocycles.